The van der Waals surface area contributed by atoms with Crippen molar-refractivity contribution >= 4 is 21.4 Å². The largest absolute Gasteiger partial charge is 0.317 e. The summed E-state index contributed by atoms with van der Waals surface area (Å²) in [6.07, 6.45) is 2.42. The first-order valence-electron chi connectivity index (χ1n) is 5.57. The molecule has 0 fully saturated rings. The highest BCUT2D eigenvalue weighted by molar-refractivity contribution is 7.17. The van der Waals surface area contributed by atoms with E-state index in [0.29, 0.717) is 0 Å². The molecule has 2 rings (SSSR count). The molecule has 0 aliphatic carbocycles. The lowest BCUT2D eigenvalue weighted by Crippen LogP contribution is -2.14. The van der Waals surface area contributed by atoms with Crippen LogP contribution >= 0.6 is 11.3 Å². The van der Waals surface area contributed by atoms with Gasteiger partial charge in [-0.2, -0.15) is 0 Å². The molecule has 1 aromatic heterocycles. The van der Waals surface area contributed by atoms with Gasteiger partial charge in [0, 0.05) is 4.70 Å². The van der Waals surface area contributed by atoms with Crippen LogP contribution in [-0.2, 0) is 6.42 Å². The van der Waals surface area contributed by atoms with Crippen molar-refractivity contribution in [2.24, 2.45) is 0 Å². The summed E-state index contributed by atoms with van der Waals surface area (Å²) in [4.78, 5) is 0. The van der Waals surface area contributed by atoms with E-state index in [9.17, 15) is 0 Å². The lowest BCUT2D eigenvalue weighted by Gasteiger charge is -2.00. The Labute approximate surface area is 95.1 Å². The number of nitrogens with one attached hydrogen (secondary N) is 1. The Hall–Kier alpha value is -0.860. The number of aryl methyl sites for hydroxylation is 1. The van der Waals surface area contributed by atoms with Gasteiger partial charge in [0.25, 0.3) is 0 Å². The Balaban J connectivity index is 2.02. The Morgan fingerprint density at radius 3 is 3.00 bits per heavy atom. The molecule has 0 atom stereocenters. The molecule has 0 amide bonds. The first-order valence-corrected chi connectivity index (χ1v) is 6.45. The molecule has 1 N–H and O–H groups in total. The van der Waals surface area contributed by atoms with E-state index in [0.717, 1.165) is 13.1 Å². The zero-order valence-electron chi connectivity index (χ0n) is 9.12. The van der Waals surface area contributed by atoms with Crippen molar-refractivity contribution in [3.8, 4) is 0 Å². The average molecular weight is 219 g/mol. The fourth-order valence-corrected chi connectivity index (χ4v) is 2.80. The summed E-state index contributed by atoms with van der Waals surface area (Å²) in [5.74, 6) is 0. The fourth-order valence-electron chi connectivity index (χ4n) is 1.81. The average Bonchev–Trinajstić information content (AvgIpc) is 2.68. The van der Waals surface area contributed by atoms with E-state index in [1.54, 1.807) is 0 Å². The monoisotopic (exact) mass is 219 g/mol. The molecule has 0 spiro atoms. The maximum Gasteiger partial charge on any atom is 0.0345 e. The standard InChI is InChI=1S/C13H17NS/c1-2-14-9-5-6-11-10-15-13-8-4-3-7-12(11)13/h3-4,7-8,10,14H,2,5-6,9H2,1H3. The minimum Gasteiger partial charge on any atom is -0.317 e. The van der Waals surface area contributed by atoms with Crippen LogP contribution < -0.4 is 5.32 Å². The van der Waals surface area contributed by atoms with E-state index in [1.165, 1.54) is 28.5 Å². The van der Waals surface area contributed by atoms with Crippen LogP contribution in [0, 0.1) is 0 Å². The minimum atomic E-state index is 1.07. The van der Waals surface area contributed by atoms with Crippen LogP contribution in [0.5, 0.6) is 0 Å². The molecule has 1 heterocycles. The van der Waals surface area contributed by atoms with E-state index in [4.69, 9.17) is 0 Å². The van der Waals surface area contributed by atoms with Gasteiger partial charge in [0.15, 0.2) is 0 Å². The van der Waals surface area contributed by atoms with Crippen molar-refractivity contribution in [2.45, 2.75) is 19.8 Å². The molecule has 2 aromatic rings. The molecule has 2 heteroatoms. The van der Waals surface area contributed by atoms with Gasteiger partial charge >= 0.3 is 0 Å². The van der Waals surface area contributed by atoms with Crippen LogP contribution in [0.3, 0.4) is 0 Å². The predicted octanol–water partition coefficient (Wildman–Crippen LogP) is 3.44. The van der Waals surface area contributed by atoms with Crippen LogP contribution in [0.4, 0.5) is 0 Å². The molecule has 15 heavy (non-hydrogen) atoms. The van der Waals surface area contributed by atoms with E-state index in [1.807, 2.05) is 11.3 Å². The molecule has 80 valence electrons. The van der Waals surface area contributed by atoms with Gasteiger partial charge in [-0.1, -0.05) is 25.1 Å². The first kappa shape index (κ1) is 10.7. The van der Waals surface area contributed by atoms with E-state index < -0.39 is 0 Å². The second kappa shape index (κ2) is 5.29. The minimum absolute atomic E-state index is 1.07. The number of hydrogen-bond acceptors (Lipinski definition) is 2. The fraction of sp³-hybridized carbons (Fsp3) is 0.385. The third kappa shape index (κ3) is 2.58. The molecule has 1 nitrogen and oxygen atoms in total. The molecular formula is C13H17NS. The third-order valence-electron chi connectivity index (χ3n) is 2.61. The topological polar surface area (TPSA) is 12.0 Å². The second-order valence-electron chi connectivity index (χ2n) is 3.71. The van der Waals surface area contributed by atoms with Gasteiger partial charge in [-0.25, -0.2) is 0 Å². The zero-order valence-corrected chi connectivity index (χ0v) is 9.94. The highest BCUT2D eigenvalue weighted by atomic mass is 32.1. The summed E-state index contributed by atoms with van der Waals surface area (Å²) in [5.41, 5.74) is 1.51. The molecular weight excluding hydrogens is 202 g/mol. The summed E-state index contributed by atoms with van der Waals surface area (Å²) >= 11 is 1.86. The van der Waals surface area contributed by atoms with Gasteiger partial charge in [0.1, 0.15) is 0 Å². The smallest absolute Gasteiger partial charge is 0.0345 e. The van der Waals surface area contributed by atoms with Crippen molar-refractivity contribution in [1.82, 2.24) is 5.32 Å². The summed E-state index contributed by atoms with van der Waals surface area (Å²) < 4.78 is 1.41. The Kier molecular flexibility index (Phi) is 3.75. The summed E-state index contributed by atoms with van der Waals surface area (Å²) in [5, 5.41) is 7.11. The van der Waals surface area contributed by atoms with Gasteiger partial charge in [0.2, 0.25) is 0 Å². The highest BCUT2D eigenvalue weighted by Crippen LogP contribution is 2.26. The zero-order chi connectivity index (χ0) is 10.5. The number of fused-ring (bicyclic) bond motifs is 1. The number of rotatable bonds is 5. The molecule has 0 aliphatic rings. The van der Waals surface area contributed by atoms with Crippen LogP contribution in [0.15, 0.2) is 29.6 Å². The maximum absolute atomic E-state index is 3.36. The third-order valence-corrected chi connectivity index (χ3v) is 3.62. The Morgan fingerprint density at radius 1 is 1.27 bits per heavy atom. The SMILES string of the molecule is CCNCCCc1csc2ccccc12. The van der Waals surface area contributed by atoms with Crippen LogP contribution in [0.2, 0.25) is 0 Å². The van der Waals surface area contributed by atoms with Crippen LogP contribution in [0.25, 0.3) is 10.1 Å². The van der Waals surface area contributed by atoms with Gasteiger partial charge in [-0.05, 0) is 48.3 Å². The predicted molar refractivity (Wildman–Crippen MR) is 68.7 cm³/mol. The van der Waals surface area contributed by atoms with E-state index >= 15 is 0 Å². The highest BCUT2D eigenvalue weighted by Gasteiger charge is 2.01. The lowest BCUT2D eigenvalue weighted by atomic mass is 10.1. The molecule has 0 unspecified atom stereocenters. The molecule has 0 bridgehead atoms. The van der Waals surface area contributed by atoms with E-state index in [-0.39, 0.29) is 0 Å². The van der Waals surface area contributed by atoms with Gasteiger partial charge in [-0.15, -0.1) is 11.3 Å². The molecule has 1 aromatic carbocycles. The van der Waals surface area contributed by atoms with Crippen molar-refractivity contribution < 1.29 is 0 Å². The molecule has 0 saturated heterocycles. The number of benzene rings is 1. The van der Waals surface area contributed by atoms with E-state index in [2.05, 4.69) is 41.9 Å². The number of thiophene rings is 1. The Morgan fingerprint density at radius 2 is 2.13 bits per heavy atom. The van der Waals surface area contributed by atoms with Crippen LogP contribution in [0.1, 0.15) is 18.9 Å². The summed E-state index contributed by atoms with van der Waals surface area (Å²) in [6.45, 7) is 4.35. The Bertz CT molecular complexity index is 419. The summed E-state index contributed by atoms with van der Waals surface area (Å²) in [7, 11) is 0. The van der Waals surface area contributed by atoms with Crippen molar-refractivity contribution in [2.75, 3.05) is 13.1 Å². The lowest BCUT2D eigenvalue weighted by molar-refractivity contribution is 0.674. The van der Waals surface area contributed by atoms with Gasteiger partial charge < -0.3 is 5.32 Å². The molecule has 0 aliphatic heterocycles. The maximum atomic E-state index is 3.36. The summed E-state index contributed by atoms with van der Waals surface area (Å²) in [6, 6.07) is 8.67. The van der Waals surface area contributed by atoms with Crippen molar-refractivity contribution in [3.05, 3.63) is 35.2 Å². The quantitative estimate of drug-likeness (QED) is 0.760. The van der Waals surface area contributed by atoms with Crippen LogP contribution in [-0.4, -0.2) is 13.1 Å². The van der Waals surface area contributed by atoms with Gasteiger partial charge in [-0.3, -0.25) is 0 Å². The first-order chi connectivity index (χ1) is 7.42. The van der Waals surface area contributed by atoms with Gasteiger partial charge in [0.05, 0.1) is 0 Å². The second-order valence-corrected chi connectivity index (χ2v) is 4.63. The molecule has 0 saturated carbocycles. The molecule has 0 radical (unpaired) electrons. The van der Waals surface area contributed by atoms with Crippen molar-refractivity contribution in [3.63, 3.8) is 0 Å². The number of hydrogen-bond donors (Lipinski definition) is 1. The normalized spacial score (nSPS) is 11.0. The van der Waals surface area contributed by atoms with Crippen molar-refractivity contribution in [1.29, 1.82) is 0 Å².